The van der Waals surface area contributed by atoms with Crippen LogP contribution in [-0.4, -0.2) is 28.9 Å². The summed E-state index contributed by atoms with van der Waals surface area (Å²) in [6, 6.07) is 0. The largest absolute Gasteiger partial charge is 0.448 e. The Kier molecular flexibility index (Phi) is 3.27. The fourth-order valence-electron chi connectivity index (χ4n) is 1.91. The zero-order valence-electron chi connectivity index (χ0n) is 9.90. The van der Waals surface area contributed by atoms with Crippen LogP contribution >= 0.6 is 0 Å². The molecule has 4 nitrogen and oxygen atoms in total. The molecule has 1 amide bonds. The van der Waals surface area contributed by atoms with Crippen LogP contribution in [0.4, 0.5) is 0 Å². The van der Waals surface area contributed by atoms with Crippen LogP contribution in [0.3, 0.4) is 0 Å². The van der Waals surface area contributed by atoms with Gasteiger partial charge in [0.25, 0.3) is 5.91 Å². The molecule has 0 aliphatic carbocycles. The minimum absolute atomic E-state index is 0.00958. The molecule has 1 aliphatic heterocycles. The van der Waals surface area contributed by atoms with Gasteiger partial charge in [-0.25, -0.2) is 4.98 Å². The van der Waals surface area contributed by atoms with E-state index < -0.39 is 0 Å². The highest BCUT2D eigenvalue weighted by atomic mass is 16.3. The van der Waals surface area contributed by atoms with Gasteiger partial charge < -0.3 is 9.32 Å². The second-order valence-electron chi connectivity index (χ2n) is 4.58. The van der Waals surface area contributed by atoms with Crippen molar-refractivity contribution < 1.29 is 9.21 Å². The van der Waals surface area contributed by atoms with Crippen LogP contribution in [0.15, 0.2) is 10.7 Å². The topological polar surface area (TPSA) is 46.3 Å². The first kappa shape index (κ1) is 11.2. The van der Waals surface area contributed by atoms with Crippen molar-refractivity contribution in [3.63, 3.8) is 0 Å². The maximum Gasteiger partial charge on any atom is 0.275 e. The molecule has 1 aromatic heterocycles. The van der Waals surface area contributed by atoms with Crippen molar-refractivity contribution in [2.24, 2.45) is 0 Å². The molecule has 1 fully saturated rings. The number of piperidine rings is 1. The van der Waals surface area contributed by atoms with Crippen molar-refractivity contribution in [1.82, 2.24) is 9.88 Å². The first-order valence-corrected chi connectivity index (χ1v) is 5.93. The van der Waals surface area contributed by atoms with Crippen LogP contribution in [0.25, 0.3) is 0 Å². The average Bonchev–Trinajstić information content (AvgIpc) is 2.78. The minimum atomic E-state index is 0.00958. The van der Waals surface area contributed by atoms with Crippen molar-refractivity contribution in [1.29, 1.82) is 0 Å². The lowest BCUT2D eigenvalue weighted by Gasteiger charge is -2.25. The molecule has 2 heterocycles. The molecule has 1 aromatic rings. The number of carbonyl (C=O) groups is 1. The van der Waals surface area contributed by atoms with Crippen LogP contribution in [0.1, 0.15) is 55.4 Å². The maximum absolute atomic E-state index is 12.0. The predicted molar refractivity (Wildman–Crippen MR) is 60.3 cm³/mol. The zero-order chi connectivity index (χ0) is 11.5. The molecule has 0 saturated carbocycles. The molecule has 2 rings (SSSR count). The quantitative estimate of drug-likeness (QED) is 0.772. The third kappa shape index (κ3) is 2.26. The van der Waals surface area contributed by atoms with Gasteiger partial charge in [0.1, 0.15) is 6.26 Å². The van der Waals surface area contributed by atoms with Crippen LogP contribution in [0, 0.1) is 0 Å². The summed E-state index contributed by atoms with van der Waals surface area (Å²) in [4.78, 5) is 18.1. The van der Waals surface area contributed by atoms with E-state index in [9.17, 15) is 4.79 Å². The lowest BCUT2D eigenvalue weighted by Crippen LogP contribution is -2.35. The van der Waals surface area contributed by atoms with E-state index in [1.165, 1.54) is 12.7 Å². The highest BCUT2D eigenvalue weighted by molar-refractivity contribution is 5.92. The monoisotopic (exact) mass is 222 g/mol. The van der Waals surface area contributed by atoms with Gasteiger partial charge in [-0.05, 0) is 19.3 Å². The van der Waals surface area contributed by atoms with Crippen molar-refractivity contribution in [3.05, 3.63) is 17.8 Å². The first-order valence-electron chi connectivity index (χ1n) is 5.93. The van der Waals surface area contributed by atoms with Crippen molar-refractivity contribution >= 4 is 5.91 Å². The highest BCUT2D eigenvalue weighted by Crippen LogP contribution is 2.16. The number of amides is 1. The molecular weight excluding hydrogens is 204 g/mol. The van der Waals surface area contributed by atoms with E-state index in [2.05, 4.69) is 4.98 Å². The van der Waals surface area contributed by atoms with Gasteiger partial charge in [-0.15, -0.1) is 0 Å². The molecule has 1 saturated heterocycles. The molecule has 0 aromatic carbocycles. The predicted octanol–water partition coefficient (Wildman–Crippen LogP) is 2.42. The van der Waals surface area contributed by atoms with E-state index in [0.29, 0.717) is 11.6 Å². The number of rotatable bonds is 2. The normalized spacial score (nSPS) is 16.8. The Morgan fingerprint density at radius 3 is 2.62 bits per heavy atom. The fourth-order valence-corrected chi connectivity index (χ4v) is 1.91. The Morgan fingerprint density at radius 2 is 2.06 bits per heavy atom. The molecule has 88 valence electrons. The molecule has 16 heavy (non-hydrogen) atoms. The molecule has 4 heteroatoms. The molecule has 0 spiro atoms. The van der Waals surface area contributed by atoms with E-state index in [0.717, 1.165) is 25.9 Å². The molecule has 0 unspecified atom stereocenters. The second kappa shape index (κ2) is 4.68. The van der Waals surface area contributed by atoms with Crippen molar-refractivity contribution in [3.8, 4) is 0 Å². The number of oxazole rings is 1. The number of nitrogens with zero attached hydrogens (tertiary/aromatic N) is 2. The van der Waals surface area contributed by atoms with Gasteiger partial charge >= 0.3 is 0 Å². The second-order valence-corrected chi connectivity index (χ2v) is 4.58. The third-order valence-electron chi connectivity index (χ3n) is 2.88. The summed E-state index contributed by atoms with van der Waals surface area (Å²) in [6.45, 7) is 5.70. The molecular formula is C12H18N2O2. The summed E-state index contributed by atoms with van der Waals surface area (Å²) in [5, 5.41) is 0. The van der Waals surface area contributed by atoms with E-state index in [1.807, 2.05) is 18.7 Å². The van der Waals surface area contributed by atoms with E-state index in [1.54, 1.807) is 0 Å². The summed E-state index contributed by atoms with van der Waals surface area (Å²) in [7, 11) is 0. The van der Waals surface area contributed by atoms with Crippen molar-refractivity contribution in [2.45, 2.75) is 39.0 Å². The number of hydrogen-bond acceptors (Lipinski definition) is 3. The van der Waals surface area contributed by atoms with Gasteiger partial charge in [-0.2, -0.15) is 0 Å². The van der Waals surface area contributed by atoms with Gasteiger partial charge in [0, 0.05) is 19.0 Å². The Hall–Kier alpha value is -1.32. The van der Waals surface area contributed by atoms with Crippen LogP contribution in [0.5, 0.6) is 0 Å². The smallest absolute Gasteiger partial charge is 0.275 e. The Morgan fingerprint density at radius 1 is 1.38 bits per heavy atom. The molecule has 0 N–H and O–H groups in total. The summed E-state index contributed by atoms with van der Waals surface area (Å²) in [5.41, 5.74) is 0.450. The highest BCUT2D eigenvalue weighted by Gasteiger charge is 2.21. The van der Waals surface area contributed by atoms with E-state index in [-0.39, 0.29) is 11.8 Å². The lowest BCUT2D eigenvalue weighted by atomic mass is 10.1. The molecule has 1 aliphatic rings. The molecule has 0 radical (unpaired) electrons. The molecule has 0 bridgehead atoms. The number of aromatic nitrogens is 1. The lowest BCUT2D eigenvalue weighted by molar-refractivity contribution is 0.0718. The molecule has 0 atom stereocenters. The summed E-state index contributed by atoms with van der Waals surface area (Å²) in [6.07, 6.45) is 4.90. The van der Waals surface area contributed by atoms with Gasteiger partial charge in [-0.3, -0.25) is 4.79 Å². The first-order chi connectivity index (χ1) is 7.68. The average molecular weight is 222 g/mol. The fraction of sp³-hybridized carbons (Fsp3) is 0.667. The standard InChI is InChI=1S/C12H18N2O2/c1-9(2)11-13-10(8-16-11)12(15)14-6-4-3-5-7-14/h8-9H,3-7H2,1-2H3. The van der Waals surface area contributed by atoms with Crippen LogP contribution in [0.2, 0.25) is 0 Å². The number of hydrogen-bond donors (Lipinski definition) is 0. The van der Waals surface area contributed by atoms with Crippen LogP contribution < -0.4 is 0 Å². The minimum Gasteiger partial charge on any atom is -0.448 e. The summed E-state index contributed by atoms with van der Waals surface area (Å²) in [5.74, 6) is 0.874. The van der Waals surface area contributed by atoms with E-state index >= 15 is 0 Å². The number of carbonyl (C=O) groups excluding carboxylic acids is 1. The van der Waals surface area contributed by atoms with Gasteiger partial charge in [0.05, 0.1) is 0 Å². The van der Waals surface area contributed by atoms with Crippen LogP contribution in [-0.2, 0) is 0 Å². The Labute approximate surface area is 95.6 Å². The van der Waals surface area contributed by atoms with Gasteiger partial charge in [0.15, 0.2) is 11.6 Å². The van der Waals surface area contributed by atoms with Gasteiger partial charge in [-0.1, -0.05) is 13.8 Å². The maximum atomic E-state index is 12.0. The summed E-state index contributed by atoms with van der Waals surface area (Å²) < 4.78 is 5.28. The van der Waals surface area contributed by atoms with Crippen molar-refractivity contribution in [2.75, 3.05) is 13.1 Å². The number of likely N-dealkylation sites (tertiary alicyclic amines) is 1. The third-order valence-corrected chi connectivity index (χ3v) is 2.88. The summed E-state index contributed by atoms with van der Waals surface area (Å²) >= 11 is 0. The van der Waals surface area contributed by atoms with E-state index in [4.69, 9.17) is 4.42 Å². The Balaban J connectivity index is 2.07. The SMILES string of the molecule is CC(C)c1nc(C(=O)N2CCCCC2)co1. The Bertz CT molecular complexity index is 365. The zero-order valence-corrected chi connectivity index (χ0v) is 9.90. The van der Waals surface area contributed by atoms with Gasteiger partial charge in [0.2, 0.25) is 0 Å².